The van der Waals surface area contributed by atoms with E-state index in [-0.39, 0.29) is 23.3 Å². The first-order valence-corrected chi connectivity index (χ1v) is 10.3. The number of halogens is 2. The van der Waals surface area contributed by atoms with Crippen LogP contribution in [0.1, 0.15) is 25.8 Å². The molecule has 8 heteroatoms. The first-order valence-electron chi connectivity index (χ1n) is 8.04. The molecule has 0 fully saturated rings. The second-order valence-electron chi connectivity index (χ2n) is 6.06. The van der Waals surface area contributed by atoms with Crippen LogP contribution in [0.2, 0.25) is 10.0 Å². The summed E-state index contributed by atoms with van der Waals surface area (Å²) in [6.45, 7) is 3.50. The SMILES string of the molecule is CC(C)NS(=O)(=O)c1ccc(NC(=O)CCc2cccc(Cl)c2Cl)cc1. The lowest BCUT2D eigenvalue weighted by Crippen LogP contribution is -2.30. The van der Waals surface area contributed by atoms with Crippen LogP contribution >= 0.6 is 23.2 Å². The fourth-order valence-electron chi connectivity index (χ4n) is 2.31. The molecule has 0 radical (unpaired) electrons. The second kappa shape index (κ2) is 8.86. The molecule has 26 heavy (non-hydrogen) atoms. The van der Waals surface area contributed by atoms with Gasteiger partial charge in [-0.2, -0.15) is 0 Å². The summed E-state index contributed by atoms with van der Waals surface area (Å²) in [5.41, 5.74) is 1.33. The number of carbonyl (C=O) groups excluding carboxylic acids is 1. The Hall–Kier alpha value is -1.60. The molecule has 2 aromatic carbocycles. The molecule has 0 aliphatic rings. The average molecular weight is 415 g/mol. The Bertz CT molecular complexity index is 882. The Morgan fingerprint density at radius 1 is 1.08 bits per heavy atom. The Morgan fingerprint density at radius 3 is 2.35 bits per heavy atom. The van der Waals surface area contributed by atoms with Crippen molar-refractivity contribution < 1.29 is 13.2 Å². The van der Waals surface area contributed by atoms with Gasteiger partial charge >= 0.3 is 0 Å². The number of anilines is 1. The van der Waals surface area contributed by atoms with E-state index in [9.17, 15) is 13.2 Å². The minimum absolute atomic E-state index is 0.148. The number of nitrogens with one attached hydrogen (secondary N) is 2. The molecule has 2 N–H and O–H groups in total. The lowest BCUT2D eigenvalue weighted by Gasteiger charge is -2.11. The summed E-state index contributed by atoms with van der Waals surface area (Å²) >= 11 is 12.1. The molecule has 0 saturated heterocycles. The van der Waals surface area contributed by atoms with Crippen molar-refractivity contribution in [2.45, 2.75) is 37.6 Å². The van der Waals surface area contributed by atoms with Crippen molar-refractivity contribution in [1.82, 2.24) is 4.72 Å². The van der Waals surface area contributed by atoms with E-state index in [0.717, 1.165) is 5.56 Å². The van der Waals surface area contributed by atoms with Crippen LogP contribution in [0.3, 0.4) is 0 Å². The van der Waals surface area contributed by atoms with Crippen molar-refractivity contribution in [2.75, 3.05) is 5.32 Å². The number of amides is 1. The monoisotopic (exact) mass is 414 g/mol. The Balaban J connectivity index is 1.96. The van der Waals surface area contributed by atoms with E-state index >= 15 is 0 Å². The molecule has 2 rings (SSSR count). The number of sulfonamides is 1. The van der Waals surface area contributed by atoms with Gasteiger partial charge in [-0.1, -0.05) is 35.3 Å². The van der Waals surface area contributed by atoms with Crippen LogP contribution in [-0.2, 0) is 21.2 Å². The van der Waals surface area contributed by atoms with Gasteiger partial charge in [-0.15, -0.1) is 0 Å². The second-order valence-corrected chi connectivity index (χ2v) is 8.56. The molecular formula is C18H20Cl2N2O3S. The topological polar surface area (TPSA) is 75.3 Å². The molecule has 0 aliphatic carbocycles. The first-order chi connectivity index (χ1) is 12.2. The van der Waals surface area contributed by atoms with Gasteiger partial charge in [-0.05, 0) is 56.2 Å². The Kier molecular flexibility index (Phi) is 7.06. The zero-order chi connectivity index (χ0) is 19.3. The van der Waals surface area contributed by atoms with Crippen LogP contribution < -0.4 is 10.0 Å². The van der Waals surface area contributed by atoms with E-state index in [1.165, 1.54) is 12.1 Å². The summed E-state index contributed by atoms with van der Waals surface area (Å²) in [5.74, 6) is -0.197. The summed E-state index contributed by atoms with van der Waals surface area (Å²) in [7, 11) is -3.55. The van der Waals surface area contributed by atoms with E-state index in [1.54, 1.807) is 38.1 Å². The molecule has 0 heterocycles. The predicted octanol–water partition coefficient (Wildman–Crippen LogP) is 4.25. The van der Waals surface area contributed by atoms with Crippen molar-refractivity contribution in [3.05, 3.63) is 58.1 Å². The van der Waals surface area contributed by atoms with Gasteiger partial charge < -0.3 is 5.32 Å². The van der Waals surface area contributed by atoms with Crippen molar-refractivity contribution in [3.63, 3.8) is 0 Å². The zero-order valence-electron chi connectivity index (χ0n) is 14.4. The van der Waals surface area contributed by atoms with Crippen LogP contribution in [0.5, 0.6) is 0 Å². The Morgan fingerprint density at radius 2 is 1.73 bits per heavy atom. The number of hydrogen-bond acceptors (Lipinski definition) is 3. The molecule has 0 bridgehead atoms. The molecule has 0 spiro atoms. The molecule has 0 unspecified atom stereocenters. The summed E-state index contributed by atoms with van der Waals surface area (Å²) in [6, 6.07) is 11.1. The maximum absolute atomic E-state index is 12.1. The minimum Gasteiger partial charge on any atom is -0.326 e. The van der Waals surface area contributed by atoms with Gasteiger partial charge in [0, 0.05) is 18.2 Å². The average Bonchev–Trinajstić information content (AvgIpc) is 2.55. The first kappa shape index (κ1) is 20.7. The van der Waals surface area contributed by atoms with Crippen molar-refractivity contribution in [3.8, 4) is 0 Å². The van der Waals surface area contributed by atoms with Crippen LogP contribution in [-0.4, -0.2) is 20.4 Å². The summed E-state index contributed by atoms with van der Waals surface area (Å²) in [5, 5.41) is 3.64. The number of benzene rings is 2. The molecular weight excluding hydrogens is 395 g/mol. The maximum Gasteiger partial charge on any atom is 0.240 e. The highest BCUT2D eigenvalue weighted by Crippen LogP contribution is 2.26. The van der Waals surface area contributed by atoms with E-state index in [1.807, 2.05) is 6.07 Å². The molecule has 0 aliphatic heterocycles. The van der Waals surface area contributed by atoms with Gasteiger partial charge in [0.2, 0.25) is 15.9 Å². The third kappa shape index (κ3) is 5.71. The fraction of sp³-hybridized carbons (Fsp3) is 0.278. The van der Waals surface area contributed by atoms with E-state index in [2.05, 4.69) is 10.0 Å². The predicted molar refractivity (Wildman–Crippen MR) is 105 cm³/mol. The van der Waals surface area contributed by atoms with E-state index in [0.29, 0.717) is 22.2 Å². The molecule has 0 aromatic heterocycles. The molecule has 140 valence electrons. The highest BCUT2D eigenvalue weighted by Gasteiger charge is 2.15. The van der Waals surface area contributed by atoms with Crippen molar-refractivity contribution >= 4 is 44.8 Å². The highest BCUT2D eigenvalue weighted by atomic mass is 35.5. The third-order valence-electron chi connectivity index (χ3n) is 3.49. The van der Waals surface area contributed by atoms with Gasteiger partial charge in [0.1, 0.15) is 0 Å². The number of carbonyl (C=O) groups is 1. The largest absolute Gasteiger partial charge is 0.326 e. The minimum atomic E-state index is -3.55. The van der Waals surface area contributed by atoms with Gasteiger partial charge in [0.25, 0.3) is 0 Å². The van der Waals surface area contributed by atoms with Crippen LogP contribution in [0.25, 0.3) is 0 Å². The Labute approximate surface area is 163 Å². The molecule has 5 nitrogen and oxygen atoms in total. The normalized spacial score (nSPS) is 11.6. The third-order valence-corrected chi connectivity index (χ3v) is 6.02. The molecule has 0 saturated carbocycles. The standard InChI is InChI=1S/C18H20Cl2N2O3S/c1-12(2)22-26(24,25)15-9-7-14(8-10-15)21-17(23)11-6-13-4-3-5-16(19)18(13)20/h3-5,7-10,12,22H,6,11H2,1-2H3,(H,21,23). The quantitative estimate of drug-likeness (QED) is 0.710. The zero-order valence-corrected chi connectivity index (χ0v) is 16.8. The number of aryl methyl sites for hydroxylation is 1. The van der Waals surface area contributed by atoms with Crippen LogP contribution in [0, 0.1) is 0 Å². The summed E-state index contributed by atoms with van der Waals surface area (Å²) in [4.78, 5) is 12.2. The van der Waals surface area contributed by atoms with Gasteiger partial charge in [0.15, 0.2) is 0 Å². The lowest BCUT2D eigenvalue weighted by molar-refractivity contribution is -0.116. The van der Waals surface area contributed by atoms with E-state index < -0.39 is 10.0 Å². The van der Waals surface area contributed by atoms with Crippen LogP contribution in [0.4, 0.5) is 5.69 Å². The molecule has 0 atom stereocenters. The fourth-order valence-corrected chi connectivity index (χ4v) is 3.97. The summed E-state index contributed by atoms with van der Waals surface area (Å²) in [6.07, 6.45) is 0.686. The van der Waals surface area contributed by atoms with Gasteiger partial charge in [-0.25, -0.2) is 13.1 Å². The maximum atomic E-state index is 12.1. The number of hydrogen-bond donors (Lipinski definition) is 2. The molecule has 2 aromatic rings. The van der Waals surface area contributed by atoms with Gasteiger partial charge in [-0.3, -0.25) is 4.79 Å². The lowest BCUT2D eigenvalue weighted by atomic mass is 10.1. The summed E-state index contributed by atoms with van der Waals surface area (Å²) < 4.78 is 26.7. The van der Waals surface area contributed by atoms with Crippen LogP contribution in [0.15, 0.2) is 47.4 Å². The number of rotatable bonds is 7. The van der Waals surface area contributed by atoms with Gasteiger partial charge in [0.05, 0.1) is 14.9 Å². The van der Waals surface area contributed by atoms with E-state index in [4.69, 9.17) is 23.2 Å². The van der Waals surface area contributed by atoms with Crippen molar-refractivity contribution in [1.29, 1.82) is 0 Å². The smallest absolute Gasteiger partial charge is 0.240 e. The molecule has 1 amide bonds. The highest BCUT2D eigenvalue weighted by molar-refractivity contribution is 7.89. The van der Waals surface area contributed by atoms with Crippen molar-refractivity contribution in [2.24, 2.45) is 0 Å².